The third kappa shape index (κ3) is 2.66. The average molecular weight is 342 g/mol. The highest BCUT2D eigenvalue weighted by Gasteiger charge is 2.23. The maximum Gasteiger partial charge on any atom is 0.189 e. The van der Waals surface area contributed by atoms with Crippen molar-refractivity contribution < 1.29 is 4.79 Å². The summed E-state index contributed by atoms with van der Waals surface area (Å²) in [6, 6.07) is 14.0. The maximum atomic E-state index is 12.4. The quantitative estimate of drug-likeness (QED) is 0.757. The van der Waals surface area contributed by atoms with Crippen molar-refractivity contribution in [3.8, 4) is 0 Å². The Labute approximate surface area is 133 Å². The second-order valence-electron chi connectivity index (χ2n) is 5.44. The zero-order valence-electron chi connectivity index (χ0n) is 12.1. The van der Waals surface area contributed by atoms with Crippen LogP contribution in [-0.2, 0) is 6.42 Å². The Hall–Kier alpha value is -1.87. The van der Waals surface area contributed by atoms with Crippen molar-refractivity contribution in [2.24, 2.45) is 0 Å². The van der Waals surface area contributed by atoms with Gasteiger partial charge in [0.15, 0.2) is 5.78 Å². The number of anilines is 1. The van der Waals surface area contributed by atoms with Crippen LogP contribution in [0.2, 0.25) is 0 Å². The molecule has 0 atom stereocenters. The molecule has 1 aliphatic rings. The van der Waals surface area contributed by atoms with Gasteiger partial charge in [0.05, 0.1) is 5.69 Å². The molecule has 0 N–H and O–H groups in total. The van der Waals surface area contributed by atoms with Gasteiger partial charge in [-0.1, -0.05) is 30.3 Å². The normalized spacial score (nSPS) is 15.4. The summed E-state index contributed by atoms with van der Waals surface area (Å²) < 4.78 is 1.03. The first-order chi connectivity index (χ1) is 10.1. The van der Waals surface area contributed by atoms with Crippen LogP contribution >= 0.6 is 15.9 Å². The molecule has 3 heteroatoms. The summed E-state index contributed by atoms with van der Waals surface area (Å²) in [5, 5.41) is 0. The third-order valence-corrected chi connectivity index (χ3v) is 4.36. The van der Waals surface area contributed by atoms with E-state index in [9.17, 15) is 4.79 Å². The predicted molar refractivity (Wildman–Crippen MR) is 90.9 cm³/mol. The van der Waals surface area contributed by atoms with Gasteiger partial charge in [-0.15, -0.1) is 0 Å². The standard InChI is InChI=1S/C18H16BrNO/c1-20(2)17-8-7-12(10-16(17)19)9-14-11-13-5-3-4-6-15(13)18(14)21/h3-10H,11H2,1-2H3/b14-9-. The Balaban J connectivity index is 1.94. The molecule has 0 bridgehead atoms. The fourth-order valence-electron chi connectivity index (χ4n) is 2.65. The summed E-state index contributed by atoms with van der Waals surface area (Å²) in [4.78, 5) is 14.4. The minimum absolute atomic E-state index is 0.151. The van der Waals surface area contributed by atoms with Crippen molar-refractivity contribution in [1.82, 2.24) is 0 Å². The van der Waals surface area contributed by atoms with E-state index in [1.165, 1.54) is 0 Å². The van der Waals surface area contributed by atoms with Gasteiger partial charge in [-0.3, -0.25) is 4.79 Å². The minimum atomic E-state index is 0.151. The van der Waals surface area contributed by atoms with E-state index in [0.717, 1.165) is 38.8 Å². The Morgan fingerprint density at radius 2 is 1.90 bits per heavy atom. The van der Waals surface area contributed by atoms with Crippen LogP contribution in [-0.4, -0.2) is 19.9 Å². The van der Waals surface area contributed by atoms with Crippen LogP contribution in [0.15, 0.2) is 52.5 Å². The van der Waals surface area contributed by atoms with E-state index in [4.69, 9.17) is 0 Å². The van der Waals surface area contributed by atoms with Crippen molar-refractivity contribution in [1.29, 1.82) is 0 Å². The SMILES string of the molecule is CN(C)c1ccc(/C=C2/Cc3ccccc3C2=O)cc1Br. The number of allylic oxidation sites excluding steroid dienone is 1. The van der Waals surface area contributed by atoms with Gasteiger partial charge in [-0.05, 0) is 45.3 Å². The number of hydrogen-bond donors (Lipinski definition) is 0. The monoisotopic (exact) mass is 341 g/mol. The molecule has 0 aliphatic heterocycles. The van der Waals surface area contributed by atoms with E-state index in [0.29, 0.717) is 0 Å². The first-order valence-corrected chi connectivity index (χ1v) is 7.65. The molecular weight excluding hydrogens is 326 g/mol. The molecule has 0 spiro atoms. The number of carbonyl (C=O) groups is 1. The van der Waals surface area contributed by atoms with Crippen molar-refractivity contribution in [2.45, 2.75) is 6.42 Å². The average Bonchev–Trinajstić information content (AvgIpc) is 2.76. The molecule has 21 heavy (non-hydrogen) atoms. The van der Waals surface area contributed by atoms with E-state index in [-0.39, 0.29) is 5.78 Å². The molecule has 2 aromatic carbocycles. The lowest BCUT2D eigenvalue weighted by atomic mass is 10.1. The third-order valence-electron chi connectivity index (χ3n) is 3.73. The van der Waals surface area contributed by atoms with E-state index in [1.54, 1.807) is 0 Å². The fourth-order valence-corrected chi connectivity index (χ4v) is 3.40. The van der Waals surface area contributed by atoms with Crippen LogP contribution in [0.4, 0.5) is 5.69 Å². The molecule has 0 radical (unpaired) electrons. The number of fused-ring (bicyclic) bond motifs is 1. The number of carbonyl (C=O) groups excluding carboxylic acids is 1. The Kier molecular flexibility index (Phi) is 3.68. The summed E-state index contributed by atoms with van der Waals surface area (Å²) in [7, 11) is 4.02. The van der Waals surface area contributed by atoms with E-state index in [2.05, 4.69) is 33.0 Å². The molecule has 0 aromatic heterocycles. The summed E-state index contributed by atoms with van der Waals surface area (Å²) in [6.45, 7) is 0. The van der Waals surface area contributed by atoms with Crippen LogP contribution in [0, 0.1) is 0 Å². The number of hydrogen-bond acceptors (Lipinski definition) is 2. The Morgan fingerprint density at radius 1 is 1.14 bits per heavy atom. The fraction of sp³-hybridized carbons (Fsp3) is 0.167. The first kappa shape index (κ1) is 14.1. The topological polar surface area (TPSA) is 20.3 Å². The van der Waals surface area contributed by atoms with Crippen LogP contribution < -0.4 is 4.90 Å². The van der Waals surface area contributed by atoms with Crippen LogP contribution in [0.3, 0.4) is 0 Å². The van der Waals surface area contributed by atoms with Gasteiger partial charge in [0, 0.05) is 36.1 Å². The molecule has 0 unspecified atom stereocenters. The number of benzene rings is 2. The number of nitrogens with zero attached hydrogens (tertiary/aromatic N) is 1. The van der Waals surface area contributed by atoms with Gasteiger partial charge in [-0.25, -0.2) is 0 Å². The molecule has 0 heterocycles. The first-order valence-electron chi connectivity index (χ1n) is 6.86. The van der Waals surface area contributed by atoms with Crippen LogP contribution in [0.1, 0.15) is 21.5 Å². The minimum Gasteiger partial charge on any atom is -0.377 e. The molecule has 3 rings (SSSR count). The molecule has 1 aliphatic carbocycles. The molecule has 0 amide bonds. The summed E-state index contributed by atoms with van der Waals surface area (Å²) in [5.74, 6) is 0.151. The largest absolute Gasteiger partial charge is 0.377 e. The van der Waals surface area contributed by atoms with Gasteiger partial charge >= 0.3 is 0 Å². The molecule has 0 saturated heterocycles. The van der Waals surface area contributed by atoms with Crippen molar-refractivity contribution in [3.05, 3.63) is 69.2 Å². The highest BCUT2D eigenvalue weighted by molar-refractivity contribution is 9.10. The molecule has 2 nitrogen and oxygen atoms in total. The number of Topliss-reactive ketones (excluding diaryl/α,β-unsaturated/α-hetero) is 1. The highest BCUT2D eigenvalue weighted by atomic mass is 79.9. The van der Waals surface area contributed by atoms with E-state index < -0.39 is 0 Å². The molecule has 0 saturated carbocycles. The lowest BCUT2D eigenvalue weighted by Crippen LogP contribution is -2.09. The molecule has 2 aromatic rings. The van der Waals surface area contributed by atoms with E-state index >= 15 is 0 Å². The van der Waals surface area contributed by atoms with Gasteiger partial charge in [0.25, 0.3) is 0 Å². The second kappa shape index (κ2) is 5.49. The number of rotatable bonds is 2. The van der Waals surface area contributed by atoms with Gasteiger partial charge in [-0.2, -0.15) is 0 Å². The molecular formula is C18H16BrNO. The lowest BCUT2D eigenvalue weighted by Gasteiger charge is -2.14. The Bertz CT molecular complexity index is 747. The molecule has 106 valence electrons. The number of halogens is 1. The van der Waals surface area contributed by atoms with Gasteiger partial charge < -0.3 is 4.90 Å². The highest BCUT2D eigenvalue weighted by Crippen LogP contribution is 2.30. The predicted octanol–water partition coefficient (Wildman–Crippen LogP) is 4.34. The van der Waals surface area contributed by atoms with Gasteiger partial charge in [0.1, 0.15) is 0 Å². The van der Waals surface area contributed by atoms with Crippen molar-refractivity contribution >= 4 is 33.5 Å². The molecule has 0 fully saturated rings. The lowest BCUT2D eigenvalue weighted by molar-refractivity contribution is 0.104. The smallest absolute Gasteiger partial charge is 0.189 e. The second-order valence-corrected chi connectivity index (χ2v) is 6.29. The van der Waals surface area contributed by atoms with Crippen molar-refractivity contribution in [2.75, 3.05) is 19.0 Å². The van der Waals surface area contributed by atoms with Crippen molar-refractivity contribution in [3.63, 3.8) is 0 Å². The zero-order valence-corrected chi connectivity index (χ0v) is 13.6. The summed E-state index contributed by atoms with van der Waals surface area (Å²) in [6.07, 6.45) is 2.72. The summed E-state index contributed by atoms with van der Waals surface area (Å²) in [5.41, 5.74) is 4.99. The van der Waals surface area contributed by atoms with Gasteiger partial charge in [0.2, 0.25) is 0 Å². The zero-order chi connectivity index (χ0) is 15.0. The van der Waals surface area contributed by atoms with Crippen LogP contribution in [0.5, 0.6) is 0 Å². The number of ketones is 1. The van der Waals surface area contributed by atoms with E-state index in [1.807, 2.05) is 50.5 Å². The van der Waals surface area contributed by atoms with Crippen LogP contribution in [0.25, 0.3) is 6.08 Å². The summed E-state index contributed by atoms with van der Waals surface area (Å²) >= 11 is 3.58. The Morgan fingerprint density at radius 3 is 2.57 bits per heavy atom. The maximum absolute atomic E-state index is 12.4.